The Kier molecular flexibility index (Phi) is 4.23. The van der Waals surface area contributed by atoms with E-state index in [1.54, 1.807) is 18.2 Å². The molecule has 0 spiro atoms. The Labute approximate surface area is 179 Å². The molecule has 4 N–H and O–H groups in total. The first-order valence-electron chi connectivity index (χ1n) is 9.54. The summed E-state index contributed by atoms with van der Waals surface area (Å²) in [5.74, 6) is 4.59. The van der Waals surface area contributed by atoms with E-state index in [0.29, 0.717) is 22.5 Å². The molecule has 11 heteroatoms. The Hall–Kier alpha value is -4.59. The Bertz CT molecular complexity index is 1430. The molecule has 0 radical (unpaired) electrons. The Morgan fingerprint density at radius 1 is 1.25 bits per heavy atom. The molecule has 1 unspecified atom stereocenters. The number of methoxy groups -OCH3 is 1. The number of rotatable bonds is 3. The summed E-state index contributed by atoms with van der Waals surface area (Å²) in [7, 11) is 1.51. The quantitative estimate of drug-likeness (QED) is 0.375. The van der Waals surface area contributed by atoms with Gasteiger partial charge in [0.15, 0.2) is 0 Å². The molecule has 1 fully saturated rings. The number of H-pyrrole nitrogens is 2. The van der Waals surface area contributed by atoms with E-state index in [1.807, 2.05) is 0 Å². The van der Waals surface area contributed by atoms with Crippen LogP contribution in [0.15, 0.2) is 39.7 Å². The van der Waals surface area contributed by atoms with Crippen LogP contribution in [-0.4, -0.2) is 46.9 Å². The topological polar surface area (TPSA) is 148 Å². The smallest absolute Gasteiger partial charge is 0.497 e. The van der Waals surface area contributed by atoms with Crippen molar-refractivity contribution in [1.82, 2.24) is 20.5 Å². The van der Waals surface area contributed by atoms with E-state index in [1.165, 1.54) is 24.3 Å². The minimum Gasteiger partial charge on any atom is -0.497 e. The highest BCUT2D eigenvalue weighted by Gasteiger charge is 2.48. The van der Waals surface area contributed by atoms with Gasteiger partial charge >= 0.3 is 17.4 Å². The number of nitrogens with zero attached hydrogens (tertiary/aromatic N) is 1. The van der Waals surface area contributed by atoms with E-state index in [0.717, 1.165) is 5.56 Å². The zero-order valence-corrected chi connectivity index (χ0v) is 16.7. The molecule has 2 aliphatic heterocycles. The van der Waals surface area contributed by atoms with Crippen molar-refractivity contribution in [3.8, 4) is 17.6 Å². The number of fused-ring (bicyclic) bond motifs is 2. The lowest BCUT2D eigenvalue weighted by atomic mass is 9.99. The molecule has 2 aromatic heterocycles. The van der Waals surface area contributed by atoms with Gasteiger partial charge in [0.05, 0.1) is 19.2 Å². The maximum absolute atomic E-state index is 12.9. The third kappa shape index (κ3) is 3.14. The van der Waals surface area contributed by atoms with E-state index in [4.69, 9.17) is 9.15 Å². The van der Waals surface area contributed by atoms with Gasteiger partial charge in [-0.3, -0.25) is 14.9 Å². The number of imide groups is 1. The first-order chi connectivity index (χ1) is 15.4. The van der Waals surface area contributed by atoms with E-state index < -0.39 is 23.2 Å². The van der Waals surface area contributed by atoms with Crippen LogP contribution in [-0.2, 0) is 11.3 Å². The van der Waals surface area contributed by atoms with Gasteiger partial charge in [-0.2, -0.15) is 9.78 Å². The summed E-state index contributed by atoms with van der Waals surface area (Å²) < 4.78 is 10.2. The highest BCUT2D eigenvalue weighted by molar-refractivity contribution is 6.10. The number of amides is 4. The van der Waals surface area contributed by atoms with E-state index in [2.05, 4.69) is 32.4 Å². The monoisotopic (exact) mass is 434 g/mol. The summed E-state index contributed by atoms with van der Waals surface area (Å²) in [6, 6.07) is 5.99. The minimum absolute atomic E-state index is 0.154. The molecule has 1 aromatic carbocycles. The summed E-state index contributed by atoms with van der Waals surface area (Å²) in [6.45, 7) is 0.109. The number of nitrogens with one attached hydrogen (secondary N) is 4. The highest BCUT2D eigenvalue weighted by Crippen LogP contribution is 2.28. The zero-order chi connectivity index (χ0) is 22.5. The van der Waals surface area contributed by atoms with Crippen LogP contribution in [0.4, 0.5) is 4.79 Å². The fourth-order valence-corrected chi connectivity index (χ4v) is 3.74. The summed E-state index contributed by atoms with van der Waals surface area (Å²) in [5.41, 5.74) is 0.667. The van der Waals surface area contributed by atoms with Crippen molar-refractivity contribution in [3.05, 3.63) is 57.7 Å². The second-order valence-corrected chi connectivity index (χ2v) is 7.39. The van der Waals surface area contributed by atoms with Crippen LogP contribution < -0.4 is 26.1 Å². The second kappa shape index (κ2) is 6.98. The lowest BCUT2D eigenvalue weighted by Gasteiger charge is -2.26. The van der Waals surface area contributed by atoms with Gasteiger partial charge < -0.3 is 19.4 Å². The average molecular weight is 434 g/mol. The number of aromatic amines is 2. The number of carbonyl (C=O) groups excluding carboxylic acids is 3. The van der Waals surface area contributed by atoms with Crippen molar-refractivity contribution in [1.29, 1.82) is 0 Å². The zero-order valence-electron chi connectivity index (χ0n) is 16.7. The van der Waals surface area contributed by atoms with Gasteiger partial charge in [-0.05, 0) is 17.7 Å². The van der Waals surface area contributed by atoms with Crippen LogP contribution in [0.25, 0.3) is 11.2 Å². The van der Waals surface area contributed by atoms with Gasteiger partial charge in [0.25, 0.3) is 11.8 Å². The van der Waals surface area contributed by atoms with Crippen LogP contribution in [0.5, 0.6) is 5.75 Å². The maximum atomic E-state index is 12.9. The summed E-state index contributed by atoms with van der Waals surface area (Å²) in [4.78, 5) is 55.6. The third-order valence-corrected chi connectivity index (χ3v) is 5.32. The number of ether oxygens (including phenoxy) is 1. The molecular formula is C21H16N5O6+. The van der Waals surface area contributed by atoms with Gasteiger partial charge in [0, 0.05) is 18.2 Å². The number of urea groups is 1. The number of pyridine rings is 1. The molecule has 0 bridgehead atoms. The van der Waals surface area contributed by atoms with Crippen molar-refractivity contribution < 1.29 is 28.5 Å². The number of carbonyl (C=O) groups is 3. The molecule has 1 atom stereocenters. The number of oxazole rings is 1. The van der Waals surface area contributed by atoms with Crippen LogP contribution in [0, 0.1) is 11.8 Å². The van der Waals surface area contributed by atoms with Gasteiger partial charge in [-0.25, -0.2) is 9.78 Å². The molecule has 1 saturated heterocycles. The van der Waals surface area contributed by atoms with Crippen LogP contribution in [0.1, 0.15) is 21.5 Å². The van der Waals surface area contributed by atoms with Crippen molar-refractivity contribution in [2.24, 2.45) is 0 Å². The first-order valence-corrected chi connectivity index (χ1v) is 9.54. The lowest BCUT2D eigenvalue weighted by molar-refractivity contribution is -0.347. The van der Waals surface area contributed by atoms with Gasteiger partial charge in [0.2, 0.25) is 11.1 Å². The predicted molar refractivity (Wildman–Crippen MR) is 107 cm³/mol. The van der Waals surface area contributed by atoms with Crippen molar-refractivity contribution in [2.45, 2.75) is 12.1 Å². The molecule has 4 amide bonds. The highest BCUT2D eigenvalue weighted by atomic mass is 16.5. The molecule has 0 saturated carbocycles. The van der Waals surface area contributed by atoms with E-state index >= 15 is 0 Å². The number of hydrogen-bond acceptors (Lipinski definition) is 6. The standard InChI is InChI=1S/C21H15N5O6/c1-31-13-3-2-12-9-26(17(27)14(12)7-13)10-21(18(28)24-19(29)25-21)5-4-11-6-15-16(22-8-11)23-20(30)32-15/h2-3,6-8H,9-10H2,1H3,(H,22,23,30)(H2,24,25,28,29)/p+1. The molecule has 32 heavy (non-hydrogen) atoms. The molecule has 11 nitrogen and oxygen atoms in total. The molecular weight excluding hydrogens is 418 g/mol. The van der Waals surface area contributed by atoms with Gasteiger partial charge in [-0.15, -0.1) is 0 Å². The van der Waals surface area contributed by atoms with Crippen molar-refractivity contribution in [3.63, 3.8) is 0 Å². The molecule has 160 valence electrons. The summed E-state index contributed by atoms with van der Waals surface area (Å²) in [6.07, 6.45) is 1.52. The Balaban J connectivity index is 1.48. The fourth-order valence-electron chi connectivity index (χ4n) is 3.74. The van der Waals surface area contributed by atoms with E-state index in [9.17, 15) is 19.2 Å². The van der Waals surface area contributed by atoms with Crippen LogP contribution in [0.2, 0.25) is 0 Å². The Morgan fingerprint density at radius 2 is 2.09 bits per heavy atom. The van der Waals surface area contributed by atoms with Crippen molar-refractivity contribution >= 4 is 29.1 Å². The van der Waals surface area contributed by atoms with Crippen molar-refractivity contribution in [2.75, 3.05) is 13.7 Å². The van der Waals surface area contributed by atoms with Gasteiger partial charge in [-0.1, -0.05) is 17.9 Å². The van der Waals surface area contributed by atoms with Crippen LogP contribution in [0.3, 0.4) is 0 Å². The third-order valence-electron chi connectivity index (χ3n) is 5.32. The molecule has 0 aliphatic carbocycles. The largest absolute Gasteiger partial charge is 0.510 e. The number of hydrogen-bond donors (Lipinski definition) is 3. The first kappa shape index (κ1) is 19.4. The summed E-state index contributed by atoms with van der Waals surface area (Å²) in [5, 5.41) is 4.73. The molecule has 2 aliphatic rings. The predicted octanol–water partition coefficient (Wildman–Crippen LogP) is -0.470. The van der Waals surface area contributed by atoms with E-state index in [-0.39, 0.29) is 24.6 Å². The number of aromatic nitrogens is 2. The maximum Gasteiger partial charge on any atom is 0.510 e. The Morgan fingerprint density at radius 3 is 2.84 bits per heavy atom. The number of benzene rings is 1. The minimum atomic E-state index is -1.65. The summed E-state index contributed by atoms with van der Waals surface area (Å²) >= 11 is 0. The lowest BCUT2D eigenvalue weighted by Crippen LogP contribution is -2.54. The SMILES string of the molecule is COc1ccc2c(c1)C(=O)N(CC1(C#Cc3c[nH+]c4[nH]c(=O)oc4c3)NC(=O)NC1=O)C2. The second-order valence-electron chi connectivity index (χ2n) is 7.39. The van der Waals surface area contributed by atoms with Gasteiger partial charge in [0.1, 0.15) is 11.9 Å². The van der Waals surface area contributed by atoms with Crippen LogP contribution >= 0.6 is 0 Å². The molecule has 5 rings (SSSR count). The normalized spacial score (nSPS) is 19.4. The molecule has 3 aromatic rings. The average Bonchev–Trinajstić information content (AvgIpc) is 3.38. The molecule has 4 heterocycles. The fraction of sp³-hybridized carbons (Fsp3) is 0.190.